The van der Waals surface area contributed by atoms with Crippen LogP contribution in [0.5, 0.6) is 0 Å². The Morgan fingerprint density at radius 1 is 1.75 bits per heavy atom. The Morgan fingerprint density at radius 2 is 1.75 bits per heavy atom. The summed E-state index contributed by atoms with van der Waals surface area (Å²) in [6.07, 6.45) is 0. The standard InChI is InChI=1S/ClHO2.In.3H/c2-1-3;;;;/h2H;;;;. The van der Waals surface area contributed by atoms with E-state index in [2.05, 4.69) is 0 Å². The van der Waals surface area contributed by atoms with Gasteiger partial charge in [-0.15, -0.1) is 4.66 Å². The molecule has 0 aromatic carbocycles. The molecular weight excluding hydrogens is 182 g/mol. The van der Waals surface area contributed by atoms with Crippen molar-refractivity contribution in [3.05, 3.63) is 0 Å². The molecule has 1 N–H and O–H groups in total. The van der Waals surface area contributed by atoms with E-state index in [4.69, 9.17) is 9.32 Å². The minimum Gasteiger partial charge on any atom is -0.506 e. The van der Waals surface area contributed by atoms with Gasteiger partial charge in [0.05, 0.1) is 0 Å². The van der Waals surface area contributed by atoms with Crippen LogP contribution in [-0.4, -0.2) is 30.5 Å². The molecule has 0 aliphatic carbocycles. The third kappa shape index (κ3) is 11.4. The zero-order chi connectivity index (χ0) is 2.71. The van der Waals surface area contributed by atoms with Gasteiger partial charge >= 0.3 is 37.2 Å². The molecule has 0 spiro atoms. The third-order valence-electron chi connectivity index (χ3n) is 0. The molecule has 0 amide bonds. The average Bonchev–Trinajstić information content (AvgIpc) is 0.918. The fourth-order valence-electron chi connectivity index (χ4n) is 0. The smallest absolute Gasteiger partial charge is 0.327 e. The van der Waals surface area contributed by atoms with Crippen LogP contribution in [0, 0.1) is 11.3 Å². The first-order valence-electron chi connectivity index (χ1n) is 0.323. The van der Waals surface area contributed by atoms with Crippen LogP contribution >= 0.6 is 0 Å². The molecular formula is H4ClInO2. The molecule has 0 aromatic heterocycles. The number of rotatable bonds is 0. The minimum absolute atomic E-state index is 0. The molecule has 0 aliphatic rings. The van der Waals surface area contributed by atoms with Gasteiger partial charge in [0.1, 0.15) is 0 Å². The van der Waals surface area contributed by atoms with Crippen LogP contribution < -0.4 is 4.66 Å². The van der Waals surface area contributed by atoms with Crippen LogP contribution in [0.1, 0.15) is 0 Å². The molecule has 0 saturated carbocycles. The van der Waals surface area contributed by atoms with Crippen molar-refractivity contribution in [3.63, 3.8) is 0 Å². The fourth-order valence-corrected chi connectivity index (χ4v) is 0. The Balaban J connectivity index is 0. The van der Waals surface area contributed by atoms with E-state index in [1.54, 1.807) is 0 Å². The summed E-state index contributed by atoms with van der Waals surface area (Å²) < 4.78 is 15.2. The normalized spacial score (nSPS) is 4.50. The Hall–Kier alpha value is 1.08. The van der Waals surface area contributed by atoms with E-state index in [-0.39, 0.29) is 37.2 Å². The molecule has 0 aromatic rings. The van der Waals surface area contributed by atoms with Gasteiger partial charge in [0.25, 0.3) is 0 Å². The van der Waals surface area contributed by atoms with Crippen LogP contribution in [-0.2, 0) is 0 Å². The van der Waals surface area contributed by atoms with Crippen molar-refractivity contribution in [2.45, 2.75) is 0 Å². The summed E-state index contributed by atoms with van der Waals surface area (Å²) in [5.74, 6) is 0. The molecule has 4 heteroatoms. The number of halogens is 1. The second-order valence-corrected chi connectivity index (χ2v) is 0.207. The van der Waals surface area contributed by atoms with Crippen molar-refractivity contribution >= 4 is 25.8 Å². The second kappa shape index (κ2) is 8.95. The van der Waals surface area contributed by atoms with Crippen LogP contribution in [0.15, 0.2) is 0 Å². The van der Waals surface area contributed by atoms with Gasteiger partial charge in [-0.2, -0.15) is 0 Å². The van der Waals surface area contributed by atoms with Crippen molar-refractivity contribution in [1.82, 2.24) is 0 Å². The van der Waals surface area contributed by atoms with E-state index in [9.17, 15) is 0 Å². The van der Waals surface area contributed by atoms with E-state index in [1.165, 1.54) is 0 Å². The molecule has 0 radical (unpaired) electrons. The summed E-state index contributed by atoms with van der Waals surface area (Å²) in [5, 5.41) is 0. The molecule has 0 saturated heterocycles. The zero-order valence-corrected chi connectivity index (χ0v) is 1.99. The van der Waals surface area contributed by atoms with Crippen molar-refractivity contribution < 1.29 is 20.6 Å². The molecule has 2 nitrogen and oxygen atoms in total. The first kappa shape index (κ1) is 8.91. The van der Waals surface area contributed by atoms with Crippen molar-refractivity contribution in [2.24, 2.45) is 0 Å². The third-order valence-corrected chi connectivity index (χ3v) is 0. The summed E-state index contributed by atoms with van der Waals surface area (Å²) in [7, 11) is 0. The van der Waals surface area contributed by atoms with Crippen LogP contribution in [0.2, 0.25) is 0 Å². The monoisotopic (exact) mass is 186 g/mol. The maximum Gasteiger partial charge on any atom is 0.327 e. The van der Waals surface area contributed by atoms with Gasteiger partial charge in [0.2, 0.25) is 0 Å². The Morgan fingerprint density at radius 3 is 1.75 bits per heavy atom. The molecule has 0 aliphatic heterocycles. The molecule has 0 rings (SSSR count). The molecule has 0 bridgehead atoms. The predicted molar refractivity (Wildman–Crippen MR) is 12.2 cm³/mol. The van der Waals surface area contributed by atoms with Crippen LogP contribution in [0.25, 0.3) is 0 Å². The summed E-state index contributed by atoms with van der Waals surface area (Å²) in [5.41, 5.74) is 0. The van der Waals surface area contributed by atoms with Crippen molar-refractivity contribution in [3.8, 4) is 0 Å². The first-order chi connectivity index (χ1) is 1.41. The summed E-state index contributed by atoms with van der Waals surface area (Å²) >= 11 is -0.167. The number of hydrogen-bond acceptors (Lipinski definition) is 2. The molecule has 0 atom stereocenters. The molecule has 0 fully saturated rings. The van der Waals surface area contributed by atoms with Crippen molar-refractivity contribution in [2.75, 3.05) is 0 Å². The first-order valence-corrected chi connectivity index (χ1v) is 0.970. The molecule has 4 heavy (non-hydrogen) atoms. The quantitative estimate of drug-likeness (QED) is 0.440. The van der Waals surface area contributed by atoms with Gasteiger partial charge in [0, 0.05) is 0 Å². The zero-order valence-electron chi connectivity index (χ0n) is 1.23. The summed E-state index contributed by atoms with van der Waals surface area (Å²) in [6.45, 7) is 0. The van der Waals surface area contributed by atoms with Gasteiger partial charge in [-0.25, -0.2) is 0 Å². The predicted octanol–water partition coefficient (Wildman–Crippen LogP) is -2.93. The average molecular weight is 186 g/mol. The van der Waals surface area contributed by atoms with E-state index in [0.717, 1.165) is 0 Å². The van der Waals surface area contributed by atoms with E-state index in [0.29, 0.717) is 0 Å². The largest absolute Gasteiger partial charge is 0.506 e. The number of hydrogen-bond donors (Lipinski definition) is 1. The second-order valence-electron chi connectivity index (χ2n) is 0.0690. The van der Waals surface area contributed by atoms with E-state index >= 15 is 0 Å². The Labute approximate surface area is 46.7 Å². The van der Waals surface area contributed by atoms with Crippen molar-refractivity contribution in [1.29, 1.82) is 0 Å². The summed E-state index contributed by atoms with van der Waals surface area (Å²) in [6, 6.07) is 0. The van der Waals surface area contributed by atoms with Gasteiger partial charge < -0.3 is 4.66 Å². The molecule has 0 unspecified atom stereocenters. The fraction of sp³-hybridized carbons (Fsp3) is 0. The van der Waals surface area contributed by atoms with E-state index < -0.39 is 0 Å². The minimum atomic E-state index is -0.167. The Bertz CT molecular complexity index is 6.00. The maximum atomic E-state index is 8.35. The van der Waals surface area contributed by atoms with E-state index in [1.807, 2.05) is 0 Å². The molecule has 0 heterocycles. The van der Waals surface area contributed by atoms with Gasteiger partial charge in [-0.05, 0) is 0 Å². The topological polar surface area (TPSA) is 43.3 Å². The Kier molecular flexibility index (Phi) is 19.9. The van der Waals surface area contributed by atoms with Gasteiger partial charge in [-0.1, -0.05) is 0 Å². The van der Waals surface area contributed by atoms with Gasteiger partial charge in [-0.3, -0.25) is 0 Å². The molecule has 26 valence electrons. The van der Waals surface area contributed by atoms with Crippen LogP contribution in [0.3, 0.4) is 0 Å². The summed E-state index contributed by atoms with van der Waals surface area (Å²) in [4.78, 5) is 0. The van der Waals surface area contributed by atoms with Crippen LogP contribution in [0.4, 0.5) is 0 Å². The van der Waals surface area contributed by atoms with Gasteiger partial charge in [0.15, 0.2) is 0 Å². The SMILES string of the molecule is [InH3].[O-][Cl+]O. The maximum absolute atomic E-state index is 8.35.